The Morgan fingerprint density at radius 1 is 1.24 bits per heavy atom. The molecular formula is C13H17NO3. The summed E-state index contributed by atoms with van der Waals surface area (Å²) < 4.78 is 0. The molecule has 1 aromatic carbocycles. The first-order valence-electron chi connectivity index (χ1n) is 5.58. The summed E-state index contributed by atoms with van der Waals surface area (Å²) in [5.41, 5.74) is 2.08. The van der Waals surface area contributed by atoms with Crippen LogP contribution in [0.5, 0.6) is 0 Å². The Hall–Kier alpha value is -1.84. The predicted molar refractivity (Wildman–Crippen MR) is 64.5 cm³/mol. The second kappa shape index (κ2) is 6.03. The summed E-state index contributed by atoms with van der Waals surface area (Å²) in [5.74, 6) is -1.13. The van der Waals surface area contributed by atoms with Crippen LogP contribution >= 0.6 is 0 Å². The molecule has 17 heavy (non-hydrogen) atoms. The number of carboxylic acid groups (broad SMARTS) is 1. The van der Waals surface area contributed by atoms with Crippen LogP contribution < -0.4 is 0 Å². The fourth-order valence-corrected chi connectivity index (χ4v) is 1.53. The van der Waals surface area contributed by atoms with E-state index < -0.39 is 5.97 Å². The highest BCUT2D eigenvalue weighted by atomic mass is 16.4. The second-order valence-corrected chi connectivity index (χ2v) is 3.98. The number of carbonyl (C=O) groups excluding carboxylic acids is 1. The topological polar surface area (TPSA) is 57.6 Å². The standard InChI is InChI=1S/C13H17NO3/c1-3-12(15)14(9-13(16)17)8-11-6-4-10(2)5-7-11/h4-7H,3,8-9H2,1-2H3,(H,16,17). The lowest BCUT2D eigenvalue weighted by Gasteiger charge is -2.20. The van der Waals surface area contributed by atoms with Gasteiger partial charge in [-0.15, -0.1) is 0 Å². The molecule has 4 heteroatoms. The largest absolute Gasteiger partial charge is 0.480 e. The maximum absolute atomic E-state index is 11.6. The minimum absolute atomic E-state index is 0.145. The van der Waals surface area contributed by atoms with Gasteiger partial charge >= 0.3 is 5.97 Å². The van der Waals surface area contributed by atoms with Gasteiger partial charge in [0.2, 0.25) is 5.91 Å². The lowest BCUT2D eigenvalue weighted by atomic mass is 10.1. The van der Waals surface area contributed by atoms with Crippen LogP contribution in [0.15, 0.2) is 24.3 Å². The summed E-state index contributed by atoms with van der Waals surface area (Å²) >= 11 is 0. The van der Waals surface area contributed by atoms with Crippen LogP contribution in [0.4, 0.5) is 0 Å². The lowest BCUT2D eigenvalue weighted by molar-refractivity contribution is -0.144. The van der Waals surface area contributed by atoms with E-state index in [0.29, 0.717) is 13.0 Å². The molecule has 1 N–H and O–H groups in total. The van der Waals surface area contributed by atoms with Crippen LogP contribution in [0.25, 0.3) is 0 Å². The van der Waals surface area contributed by atoms with E-state index in [9.17, 15) is 9.59 Å². The lowest BCUT2D eigenvalue weighted by Crippen LogP contribution is -2.34. The molecule has 0 fully saturated rings. The van der Waals surface area contributed by atoms with Gasteiger partial charge < -0.3 is 10.0 Å². The highest BCUT2D eigenvalue weighted by Gasteiger charge is 2.15. The fraction of sp³-hybridized carbons (Fsp3) is 0.385. The molecule has 4 nitrogen and oxygen atoms in total. The second-order valence-electron chi connectivity index (χ2n) is 3.98. The van der Waals surface area contributed by atoms with E-state index in [-0.39, 0.29) is 12.5 Å². The van der Waals surface area contributed by atoms with Crippen molar-refractivity contribution in [2.75, 3.05) is 6.54 Å². The molecule has 1 amide bonds. The maximum atomic E-state index is 11.6. The number of carbonyl (C=O) groups is 2. The number of rotatable bonds is 5. The number of nitrogens with zero attached hydrogens (tertiary/aromatic N) is 1. The van der Waals surface area contributed by atoms with Gasteiger partial charge in [0.25, 0.3) is 0 Å². The monoisotopic (exact) mass is 235 g/mol. The van der Waals surface area contributed by atoms with Gasteiger partial charge in [0.15, 0.2) is 0 Å². The zero-order valence-corrected chi connectivity index (χ0v) is 10.1. The summed E-state index contributed by atoms with van der Waals surface area (Å²) in [7, 11) is 0. The average molecular weight is 235 g/mol. The highest BCUT2D eigenvalue weighted by Crippen LogP contribution is 2.08. The van der Waals surface area contributed by atoms with E-state index in [1.54, 1.807) is 6.92 Å². The summed E-state index contributed by atoms with van der Waals surface area (Å²) in [5, 5.41) is 8.76. The number of amides is 1. The van der Waals surface area contributed by atoms with Crippen LogP contribution in [0.3, 0.4) is 0 Å². The molecule has 0 spiro atoms. The zero-order chi connectivity index (χ0) is 12.8. The summed E-state index contributed by atoms with van der Waals surface area (Å²) in [6.45, 7) is 3.81. The molecule has 92 valence electrons. The smallest absolute Gasteiger partial charge is 0.323 e. The van der Waals surface area contributed by atoms with Crippen molar-refractivity contribution in [1.29, 1.82) is 0 Å². The molecule has 1 rings (SSSR count). The molecule has 0 saturated heterocycles. The van der Waals surface area contributed by atoms with Crippen molar-refractivity contribution in [3.63, 3.8) is 0 Å². The zero-order valence-electron chi connectivity index (χ0n) is 10.1. The molecule has 1 aromatic rings. The van der Waals surface area contributed by atoms with Gasteiger partial charge in [-0.2, -0.15) is 0 Å². The first-order valence-corrected chi connectivity index (χ1v) is 5.58. The molecule has 0 radical (unpaired) electrons. The number of aryl methyl sites for hydroxylation is 1. The van der Waals surface area contributed by atoms with Crippen molar-refractivity contribution in [1.82, 2.24) is 4.90 Å². The average Bonchev–Trinajstić information content (AvgIpc) is 2.29. The Labute approximate surface area is 101 Å². The van der Waals surface area contributed by atoms with Crippen molar-refractivity contribution in [3.05, 3.63) is 35.4 Å². The van der Waals surface area contributed by atoms with E-state index >= 15 is 0 Å². The summed E-state index contributed by atoms with van der Waals surface area (Å²) in [6.07, 6.45) is 0.319. The van der Waals surface area contributed by atoms with Crippen LogP contribution in [-0.4, -0.2) is 28.4 Å². The molecule has 0 atom stereocenters. The van der Waals surface area contributed by atoms with Crippen LogP contribution in [-0.2, 0) is 16.1 Å². The predicted octanol–water partition coefficient (Wildman–Crippen LogP) is 1.82. The minimum atomic E-state index is -0.987. The third kappa shape index (κ3) is 4.26. The first kappa shape index (κ1) is 13.2. The molecule has 0 bridgehead atoms. The Bertz CT molecular complexity index is 398. The summed E-state index contributed by atoms with van der Waals surface area (Å²) in [4.78, 5) is 23.6. The molecule has 0 saturated carbocycles. The number of hydrogen-bond acceptors (Lipinski definition) is 2. The molecule has 0 aromatic heterocycles. The SMILES string of the molecule is CCC(=O)N(CC(=O)O)Cc1ccc(C)cc1. The molecule has 0 unspecified atom stereocenters. The Kier molecular flexibility index (Phi) is 4.69. The Morgan fingerprint density at radius 2 is 1.82 bits per heavy atom. The number of benzene rings is 1. The summed E-state index contributed by atoms with van der Waals surface area (Å²) in [6, 6.07) is 7.72. The van der Waals surface area contributed by atoms with Gasteiger partial charge in [-0.05, 0) is 12.5 Å². The van der Waals surface area contributed by atoms with Crippen LogP contribution in [0.2, 0.25) is 0 Å². The fourth-order valence-electron chi connectivity index (χ4n) is 1.53. The van der Waals surface area contributed by atoms with Gasteiger partial charge in [-0.25, -0.2) is 0 Å². The van der Waals surface area contributed by atoms with E-state index in [4.69, 9.17) is 5.11 Å². The molecule has 0 aliphatic carbocycles. The Balaban J connectivity index is 2.75. The van der Waals surface area contributed by atoms with Crippen molar-refractivity contribution in [3.8, 4) is 0 Å². The van der Waals surface area contributed by atoms with Gasteiger partial charge in [0.1, 0.15) is 6.54 Å². The quantitative estimate of drug-likeness (QED) is 0.846. The number of hydrogen-bond donors (Lipinski definition) is 1. The van der Waals surface area contributed by atoms with Crippen LogP contribution in [0, 0.1) is 6.92 Å². The van der Waals surface area contributed by atoms with E-state index in [1.807, 2.05) is 31.2 Å². The van der Waals surface area contributed by atoms with Crippen molar-refractivity contribution in [2.45, 2.75) is 26.8 Å². The molecule has 0 aliphatic heterocycles. The van der Waals surface area contributed by atoms with E-state index in [0.717, 1.165) is 11.1 Å². The Morgan fingerprint density at radius 3 is 2.29 bits per heavy atom. The van der Waals surface area contributed by atoms with Crippen molar-refractivity contribution < 1.29 is 14.7 Å². The van der Waals surface area contributed by atoms with Gasteiger partial charge in [-0.3, -0.25) is 9.59 Å². The molecular weight excluding hydrogens is 218 g/mol. The molecule has 0 heterocycles. The third-order valence-corrected chi connectivity index (χ3v) is 2.48. The third-order valence-electron chi connectivity index (χ3n) is 2.48. The minimum Gasteiger partial charge on any atom is -0.480 e. The number of carboxylic acids is 1. The van der Waals surface area contributed by atoms with E-state index in [1.165, 1.54) is 4.90 Å². The highest BCUT2D eigenvalue weighted by molar-refractivity contribution is 5.81. The van der Waals surface area contributed by atoms with E-state index in [2.05, 4.69) is 0 Å². The van der Waals surface area contributed by atoms with Gasteiger partial charge in [0, 0.05) is 13.0 Å². The molecule has 0 aliphatic rings. The van der Waals surface area contributed by atoms with Gasteiger partial charge in [-0.1, -0.05) is 36.8 Å². The van der Waals surface area contributed by atoms with Crippen LogP contribution in [0.1, 0.15) is 24.5 Å². The normalized spacial score (nSPS) is 10.0. The van der Waals surface area contributed by atoms with Crippen molar-refractivity contribution >= 4 is 11.9 Å². The van der Waals surface area contributed by atoms with Crippen molar-refractivity contribution in [2.24, 2.45) is 0 Å². The number of aliphatic carboxylic acids is 1. The first-order chi connectivity index (χ1) is 8.02. The van der Waals surface area contributed by atoms with Gasteiger partial charge in [0.05, 0.1) is 0 Å². The maximum Gasteiger partial charge on any atom is 0.323 e.